The number of benzene rings is 2. The van der Waals surface area contributed by atoms with E-state index in [0.717, 1.165) is 5.39 Å². The molecule has 3 aromatic rings. The number of nitrogens with one attached hydrogen (secondary N) is 1. The number of furan rings is 1. The maximum Gasteiger partial charge on any atom is 0.258 e. The Balaban J connectivity index is 1.62. The number of fused-ring (bicyclic) bond motifs is 1. The topological polar surface area (TPSA) is 60.7 Å². The zero-order chi connectivity index (χ0) is 18.5. The summed E-state index contributed by atoms with van der Waals surface area (Å²) in [4.78, 5) is 12.1. The fraction of sp³-hybridized carbons (Fsp3) is 0.250. The molecule has 1 heterocycles. The second-order valence-corrected chi connectivity index (χ2v) is 5.79. The molecule has 3 rings (SSSR count). The van der Waals surface area contributed by atoms with Crippen LogP contribution in [0.5, 0.6) is 11.5 Å². The number of ether oxygens (including phenoxy) is 2. The molecule has 0 radical (unpaired) electrons. The molecule has 136 valence electrons. The second-order valence-electron chi connectivity index (χ2n) is 5.79. The zero-order valence-corrected chi connectivity index (χ0v) is 14.6. The first-order chi connectivity index (χ1) is 12.6. The Kier molecular flexibility index (Phi) is 5.41. The van der Waals surface area contributed by atoms with Gasteiger partial charge in [-0.25, -0.2) is 4.39 Å². The van der Waals surface area contributed by atoms with Crippen molar-refractivity contribution < 1.29 is 23.1 Å². The van der Waals surface area contributed by atoms with Gasteiger partial charge in [0.1, 0.15) is 17.3 Å². The molecule has 1 N–H and O–H groups in total. The van der Waals surface area contributed by atoms with Gasteiger partial charge in [0, 0.05) is 5.39 Å². The maximum absolute atomic E-state index is 12.9. The van der Waals surface area contributed by atoms with Crippen LogP contribution >= 0.6 is 0 Å². The molecule has 0 saturated carbocycles. The van der Waals surface area contributed by atoms with Crippen LogP contribution in [0.25, 0.3) is 11.0 Å². The monoisotopic (exact) mass is 357 g/mol. The SMILES string of the molecule is CCOc1cccc2cc(C(C)NC(=O)COc3ccc(F)cc3)oc12. The predicted molar refractivity (Wildman–Crippen MR) is 95.8 cm³/mol. The van der Waals surface area contributed by atoms with Crippen molar-refractivity contribution in [3.05, 3.63) is 60.1 Å². The molecule has 0 bridgehead atoms. The number of hydrogen-bond donors (Lipinski definition) is 1. The summed E-state index contributed by atoms with van der Waals surface area (Å²) in [6, 6.07) is 12.7. The van der Waals surface area contributed by atoms with E-state index in [-0.39, 0.29) is 24.4 Å². The first kappa shape index (κ1) is 17.8. The minimum atomic E-state index is -0.355. The largest absolute Gasteiger partial charge is 0.490 e. The molecule has 6 heteroatoms. The van der Waals surface area contributed by atoms with Crippen LogP contribution < -0.4 is 14.8 Å². The first-order valence-electron chi connectivity index (χ1n) is 8.40. The van der Waals surface area contributed by atoms with E-state index in [1.165, 1.54) is 24.3 Å². The lowest BCUT2D eigenvalue weighted by atomic mass is 10.2. The van der Waals surface area contributed by atoms with Crippen LogP contribution in [-0.4, -0.2) is 19.1 Å². The number of amides is 1. The molecule has 0 spiro atoms. The van der Waals surface area contributed by atoms with Crippen LogP contribution in [0.15, 0.2) is 52.9 Å². The Morgan fingerprint density at radius 3 is 2.69 bits per heavy atom. The van der Waals surface area contributed by atoms with E-state index in [1.54, 1.807) is 0 Å². The van der Waals surface area contributed by atoms with Crippen molar-refractivity contribution >= 4 is 16.9 Å². The smallest absolute Gasteiger partial charge is 0.258 e. The van der Waals surface area contributed by atoms with E-state index in [0.29, 0.717) is 29.4 Å². The van der Waals surface area contributed by atoms with Crippen molar-refractivity contribution in [3.63, 3.8) is 0 Å². The Hall–Kier alpha value is -3.02. The molecule has 5 nitrogen and oxygen atoms in total. The van der Waals surface area contributed by atoms with Gasteiger partial charge in [-0.2, -0.15) is 0 Å². The van der Waals surface area contributed by atoms with Gasteiger partial charge in [0.15, 0.2) is 17.9 Å². The highest BCUT2D eigenvalue weighted by molar-refractivity contribution is 5.84. The van der Waals surface area contributed by atoms with Crippen molar-refractivity contribution in [2.75, 3.05) is 13.2 Å². The molecular formula is C20H20FNO4. The molecule has 0 fully saturated rings. The Labute approximate surface area is 150 Å². The fourth-order valence-electron chi connectivity index (χ4n) is 2.57. The molecule has 0 aliphatic rings. The minimum absolute atomic E-state index is 0.166. The van der Waals surface area contributed by atoms with Gasteiger partial charge in [-0.15, -0.1) is 0 Å². The molecule has 2 aromatic carbocycles. The lowest BCUT2D eigenvalue weighted by molar-refractivity contribution is -0.123. The maximum atomic E-state index is 12.9. The van der Waals surface area contributed by atoms with Crippen molar-refractivity contribution in [3.8, 4) is 11.5 Å². The summed E-state index contributed by atoms with van der Waals surface area (Å²) < 4.78 is 29.6. The quantitative estimate of drug-likeness (QED) is 0.687. The average Bonchev–Trinajstić information content (AvgIpc) is 3.07. The Morgan fingerprint density at radius 2 is 1.96 bits per heavy atom. The number of halogens is 1. The molecule has 0 aliphatic heterocycles. The van der Waals surface area contributed by atoms with Crippen LogP contribution in [0, 0.1) is 5.82 Å². The van der Waals surface area contributed by atoms with Gasteiger partial charge < -0.3 is 19.2 Å². The summed E-state index contributed by atoms with van der Waals surface area (Å²) in [6.45, 7) is 4.11. The molecule has 0 aliphatic carbocycles. The van der Waals surface area contributed by atoms with E-state index >= 15 is 0 Å². The molecule has 1 amide bonds. The van der Waals surface area contributed by atoms with Crippen molar-refractivity contribution in [1.82, 2.24) is 5.32 Å². The van der Waals surface area contributed by atoms with Gasteiger partial charge in [0.25, 0.3) is 5.91 Å². The van der Waals surface area contributed by atoms with E-state index in [4.69, 9.17) is 13.9 Å². The summed E-state index contributed by atoms with van der Waals surface area (Å²) >= 11 is 0. The number of para-hydroxylation sites is 1. The van der Waals surface area contributed by atoms with Gasteiger partial charge in [0.2, 0.25) is 0 Å². The summed E-state index contributed by atoms with van der Waals surface area (Å²) in [7, 11) is 0. The Morgan fingerprint density at radius 1 is 1.19 bits per heavy atom. The Bertz CT molecular complexity index is 888. The van der Waals surface area contributed by atoms with Crippen LogP contribution in [0.2, 0.25) is 0 Å². The summed E-state index contributed by atoms with van der Waals surface area (Å²) in [5.74, 6) is 1.08. The van der Waals surface area contributed by atoms with Gasteiger partial charge in [0.05, 0.1) is 12.6 Å². The van der Waals surface area contributed by atoms with Gasteiger partial charge in [-0.3, -0.25) is 4.79 Å². The van der Waals surface area contributed by atoms with Gasteiger partial charge in [-0.1, -0.05) is 12.1 Å². The van der Waals surface area contributed by atoms with Crippen molar-refractivity contribution in [2.45, 2.75) is 19.9 Å². The highest BCUT2D eigenvalue weighted by Crippen LogP contribution is 2.31. The fourth-order valence-corrected chi connectivity index (χ4v) is 2.57. The zero-order valence-electron chi connectivity index (χ0n) is 14.6. The van der Waals surface area contributed by atoms with E-state index in [9.17, 15) is 9.18 Å². The molecular weight excluding hydrogens is 337 g/mol. The van der Waals surface area contributed by atoms with Gasteiger partial charge in [-0.05, 0) is 50.2 Å². The third-order valence-electron chi connectivity index (χ3n) is 3.81. The summed E-state index contributed by atoms with van der Waals surface area (Å²) in [5, 5.41) is 3.73. The molecule has 1 unspecified atom stereocenters. The third-order valence-corrected chi connectivity index (χ3v) is 3.81. The van der Waals surface area contributed by atoms with E-state index in [2.05, 4.69) is 5.32 Å². The van der Waals surface area contributed by atoms with Crippen LogP contribution in [0.3, 0.4) is 0 Å². The molecule has 1 aromatic heterocycles. The molecule has 1 atom stereocenters. The summed E-state index contributed by atoms with van der Waals surface area (Å²) in [6.07, 6.45) is 0. The first-order valence-corrected chi connectivity index (χ1v) is 8.40. The average molecular weight is 357 g/mol. The third kappa shape index (κ3) is 4.14. The van der Waals surface area contributed by atoms with E-state index in [1.807, 2.05) is 38.1 Å². The normalized spacial score (nSPS) is 12.0. The lowest BCUT2D eigenvalue weighted by Gasteiger charge is -2.12. The second kappa shape index (κ2) is 7.91. The van der Waals surface area contributed by atoms with Gasteiger partial charge >= 0.3 is 0 Å². The highest BCUT2D eigenvalue weighted by Gasteiger charge is 2.16. The number of rotatable bonds is 7. The van der Waals surface area contributed by atoms with E-state index < -0.39 is 0 Å². The number of carbonyl (C=O) groups excluding carboxylic acids is 1. The molecule has 0 saturated heterocycles. The minimum Gasteiger partial charge on any atom is -0.490 e. The molecule has 26 heavy (non-hydrogen) atoms. The number of hydrogen-bond acceptors (Lipinski definition) is 4. The lowest BCUT2D eigenvalue weighted by Crippen LogP contribution is -2.31. The van der Waals surface area contributed by atoms with Crippen molar-refractivity contribution in [1.29, 1.82) is 0 Å². The number of carbonyl (C=O) groups is 1. The standard InChI is InChI=1S/C20H20FNO4/c1-3-24-17-6-4-5-14-11-18(26-20(14)17)13(2)22-19(23)12-25-16-9-7-15(21)8-10-16/h4-11,13H,3,12H2,1-2H3,(H,22,23). The van der Waals surface area contributed by atoms with Crippen LogP contribution in [0.4, 0.5) is 4.39 Å². The van der Waals surface area contributed by atoms with Crippen LogP contribution in [0.1, 0.15) is 25.6 Å². The van der Waals surface area contributed by atoms with Crippen LogP contribution in [-0.2, 0) is 4.79 Å². The van der Waals surface area contributed by atoms with Crippen molar-refractivity contribution in [2.24, 2.45) is 0 Å². The summed E-state index contributed by atoms with van der Waals surface area (Å²) in [5.41, 5.74) is 0.660. The highest BCUT2D eigenvalue weighted by atomic mass is 19.1. The predicted octanol–water partition coefficient (Wildman–Crippen LogP) is 4.23.